The fraction of sp³-hybridized carbons (Fsp3) is 0.750. The summed E-state index contributed by atoms with van der Waals surface area (Å²) in [5.41, 5.74) is 0. The Hall–Kier alpha value is -0.860. The Bertz CT molecular complexity index is 145. The first-order chi connectivity index (χ1) is 5.13. The minimum atomic E-state index is -0.225. The molecule has 64 valence electrons. The molecule has 0 aromatic heterocycles. The van der Waals surface area contributed by atoms with Crippen LogP contribution in [0.1, 0.15) is 26.7 Å². The summed E-state index contributed by atoms with van der Waals surface area (Å²) in [6.07, 6.45) is 2.37. The van der Waals surface area contributed by atoms with Crippen LogP contribution in [0, 0.1) is 0 Å². The molecule has 0 spiro atoms. The maximum absolute atomic E-state index is 10.9. The molecule has 0 saturated carbocycles. The summed E-state index contributed by atoms with van der Waals surface area (Å²) in [5, 5.41) is 0. The zero-order chi connectivity index (χ0) is 8.85. The highest BCUT2D eigenvalue weighted by atomic mass is 16.1. The number of amides is 1. The minimum absolute atomic E-state index is 0.0569. The topological polar surface area (TPSA) is 37.4 Å². The zero-order valence-corrected chi connectivity index (χ0v) is 7.33. The van der Waals surface area contributed by atoms with Crippen LogP contribution in [0.4, 0.5) is 0 Å². The number of rotatable bonds is 5. The molecular formula is C8H15NO2. The van der Waals surface area contributed by atoms with E-state index < -0.39 is 0 Å². The molecule has 0 saturated heterocycles. The summed E-state index contributed by atoms with van der Waals surface area (Å²) in [7, 11) is 1.63. The molecule has 0 heterocycles. The molecule has 0 fully saturated rings. The van der Waals surface area contributed by atoms with Crippen LogP contribution in [0.2, 0.25) is 0 Å². The average molecular weight is 157 g/mol. The molecule has 3 nitrogen and oxygen atoms in total. The number of Topliss-reactive ketones (excluding diaryl/α,β-unsaturated/α-hetero) is 1. The highest BCUT2D eigenvalue weighted by Gasteiger charge is 2.16. The van der Waals surface area contributed by atoms with Gasteiger partial charge in [-0.2, -0.15) is 0 Å². The number of likely N-dealkylation sites (N-methyl/N-ethyl adjacent to an activating group) is 1. The van der Waals surface area contributed by atoms with Gasteiger partial charge in [0.15, 0.2) is 5.78 Å². The van der Waals surface area contributed by atoms with Crippen molar-refractivity contribution in [3.05, 3.63) is 0 Å². The van der Waals surface area contributed by atoms with Crippen molar-refractivity contribution in [2.75, 3.05) is 7.05 Å². The molecular weight excluding hydrogens is 142 g/mol. The Labute approximate surface area is 67.4 Å². The highest BCUT2D eigenvalue weighted by Crippen LogP contribution is 2.03. The van der Waals surface area contributed by atoms with Gasteiger partial charge in [0.1, 0.15) is 0 Å². The zero-order valence-electron chi connectivity index (χ0n) is 7.33. The van der Waals surface area contributed by atoms with Crippen molar-refractivity contribution in [2.45, 2.75) is 32.7 Å². The van der Waals surface area contributed by atoms with Crippen molar-refractivity contribution >= 4 is 12.2 Å². The third-order valence-electron chi connectivity index (χ3n) is 1.69. The number of hydrogen-bond donors (Lipinski definition) is 0. The van der Waals surface area contributed by atoms with Gasteiger partial charge in [-0.15, -0.1) is 0 Å². The van der Waals surface area contributed by atoms with E-state index in [9.17, 15) is 9.59 Å². The highest BCUT2D eigenvalue weighted by molar-refractivity contribution is 5.83. The lowest BCUT2D eigenvalue weighted by Crippen LogP contribution is -2.36. The van der Waals surface area contributed by atoms with Gasteiger partial charge in [-0.1, -0.05) is 13.3 Å². The maximum Gasteiger partial charge on any atom is 0.210 e. The molecule has 0 rings (SSSR count). The summed E-state index contributed by atoms with van der Waals surface area (Å²) in [6.45, 7) is 3.51. The van der Waals surface area contributed by atoms with Crippen molar-refractivity contribution < 1.29 is 9.59 Å². The largest absolute Gasteiger partial charge is 0.338 e. The van der Waals surface area contributed by atoms with Gasteiger partial charge < -0.3 is 4.90 Å². The standard InChI is InChI=1S/C8H15NO2/c1-4-5-8(7(2)11)9(3)6-10/h6,8H,4-5H2,1-3H3. The third kappa shape index (κ3) is 3.16. The third-order valence-corrected chi connectivity index (χ3v) is 1.69. The minimum Gasteiger partial charge on any atom is -0.338 e. The van der Waals surface area contributed by atoms with E-state index in [0.29, 0.717) is 6.41 Å². The molecule has 11 heavy (non-hydrogen) atoms. The summed E-state index contributed by atoms with van der Waals surface area (Å²) >= 11 is 0. The number of nitrogens with zero attached hydrogens (tertiary/aromatic N) is 1. The van der Waals surface area contributed by atoms with E-state index in [1.165, 1.54) is 11.8 Å². The Morgan fingerprint density at radius 1 is 1.64 bits per heavy atom. The second kappa shape index (κ2) is 4.88. The Morgan fingerprint density at radius 2 is 2.18 bits per heavy atom. The quantitative estimate of drug-likeness (QED) is 0.554. The molecule has 1 amide bonds. The van der Waals surface area contributed by atoms with E-state index >= 15 is 0 Å². The van der Waals surface area contributed by atoms with Crippen LogP contribution < -0.4 is 0 Å². The van der Waals surface area contributed by atoms with Gasteiger partial charge in [0.05, 0.1) is 6.04 Å². The maximum atomic E-state index is 10.9. The van der Waals surface area contributed by atoms with Crippen LogP contribution >= 0.6 is 0 Å². The number of carbonyl (C=O) groups excluding carboxylic acids is 2. The van der Waals surface area contributed by atoms with Gasteiger partial charge in [-0.05, 0) is 13.3 Å². The van der Waals surface area contributed by atoms with Crippen molar-refractivity contribution in [1.82, 2.24) is 4.90 Å². The first kappa shape index (κ1) is 10.1. The number of hydrogen-bond acceptors (Lipinski definition) is 2. The Morgan fingerprint density at radius 3 is 2.45 bits per heavy atom. The van der Waals surface area contributed by atoms with Crippen molar-refractivity contribution in [1.29, 1.82) is 0 Å². The second-order valence-corrected chi connectivity index (χ2v) is 2.69. The molecule has 0 N–H and O–H groups in total. The van der Waals surface area contributed by atoms with E-state index in [1.54, 1.807) is 7.05 Å². The number of carbonyl (C=O) groups is 2. The van der Waals surface area contributed by atoms with Crippen molar-refractivity contribution in [2.24, 2.45) is 0 Å². The van der Waals surface area contributed by atoms with Gasteiger partial charge in [0.25, 0.3) is 0 Å². The van der Waals surface area contributed by atoms with Crippen LogP contribution in [0.25, 0.3) is 0 Å². The van der Waals surface area contributed by atoms with Crippen LogP contribution in [-0.4, -0.2) is 30.2 Å². The van der Waals surface area contributed by atoms with E-state index in [2.05, 4.69) is 0 Å². The fourth-order valence-electron chi connectivity index (χ4n) is 1.04. The average Bonchev–Trinajstić information content (AvgIpc) is 1.98. The van der Waals surface area contributed by atoms with E-state index in [1.807, 2.05) is 6.92 Å². The Kier molecular flexibility index (Phi) is 4.50. The van der Waals surface area contributed by atoms with E-state index in [0.717, 1.165) is 12.8 Å². The SMILES string of the molecule is CCCC(C(C)=O)N(C)C=O. The second-order valence-electron chi connectivity index (χ2n) is 2.69. The van der Waals surface area contributed by atoms with Crippen LogP contribution in [0.3, 0.4) is 0 Å². The lowest BCUT2D eigenvalue weighted by Gasteiger charge is -2.20. The molecule has 3 heteroatoms. The monoisotopic (exact) mass is 157 g/mol. The van der Waals surface area contributed by atoms with E-state index in [4.69, 9.17) is 0 Å². The fourth-order valence-corrected chi connectivity index (χ4v) is 1.04. The normalized spacial score (nSPS) is 12.3. The first-order valence-electron chi connectivity index (χ1n) is 3.81. The Balaban J connectivity index is 4.08. The van der Waals surface area contributed by atoms with Crippen LogP contribution in [0.5, 0.6) is 0 Å². The first-order valence-corrected chi connectivity index (χ1v) is 3.81. The predicted molar refractivity (Wildman–Crippen MR) is 43.2 cm³/mol. The van der Waals surface area contributed by atoms with Crippen LogP contribution in [0.15, 0.2) is 0 Å². The molecule has 0 aliphatic heterocycles. The summed E-state index contributed by atoms with van der Waals surface area (Å²) in [5.74, 6) is 0.0569. The molecule has 0 aromatic carbocycles. The molecule has 0 aliphatic carbocycles. The molecule has 0 bridgehead atoms. The van der Waals surface area contributed by atoms with E-state index in [-0.39, 0.29) is 11.8 Å². The summed E-state index contributed by atoms with van der Waals surface area (Å²) in [4.78, 5) is 22.7. The van der Waals surface area contributed by atoms with Gasteiger partial charge in [-0.25, -0.2) is 0 Å². The molecule has 0 radical (unpaired) electrons. The predicted octanol–water partition coefficient (Wildman–Crippen LogP) is 0.832. The van der Waals surface area contributed by atoms with Crippen molar-refractivity contribution in [3.63, 3.8) is 0 Å². The summed E-state index contributed by atoms with van der Waals surface area (Å²) in [6, 6.07) is -0.225. The van der Waals surface area contributed by atoms with Gasteiger partial charge in [0.2, 0.25) is 6.41 Å². The van der Waals surface area contributed by atoms with Crippen LogP contribution in [-0.2, 0) is 9.59 Å². The van der Waals surface area contributed by atoms with Gasteiger partial charge in [-0.3, -0.25) is 9.59 Å². The van der Waals surface area contributed by atoms with Crippen molar-refractivity contribution in [3.8, 4) is 0 Å². The molecule has 0 aromatic rings. The molecule has 1 atom stereocenters. The molecule has 1 unspecified atom stereocenters. The smallest absolute Gasteiger partial charge is 0.210 e. The lowest BCUT2D eigenvalue weighted by atomic mass is 10.1. The van der Waals surface area contributed by atoms with Gasteiger partial charge in [0, 0.05) is 7.05 Å². The van der Waals surface area contributed by atoms with Gasteiger partial charge >= 0.3 is 0 Å². The molecule has 0 aliphatic rings. The lowest BCUT2D eigenvalue weighted by molar-refractivity contribution is -0.129. The number of ketones is 1. The summed E-state index contributed by atoms with van der Waals surface area (Å²) < 4.78 is 0.